The van der Waals surface area contributed by atoms with Gasteiger partial charge < -0.3 is 14.5 Å². The third-order valence-electron chi connectivity index (χ3n) is 3.55. The summed E-state index contributed by atoms with van der Waals surface area (Å²) in [5.41, 5.74) is 2.79. The Morgan fingerprint density at radius 1 is 1.29 bits per heavy atom. The molecule has 5 heteroatoms. The molecule has 0 atom stereocenters. The van der Waals surface area contributed by atoms with Crippen molar-refractivity contribution in [2.75, 3.05) is 11.9 Å². The molecule has 1 aromatic heterocycles. The van der Waals surface area contributed by atoms with E-state index in [4.69, 9.17) is 14.4 Å². The molecule has 1 N–H and O–H groups in total. The standard InChI is InChI=1S/C16H14N2O3/c1-16(2)13-6-10(11-5-12(7-17)20-8-11)3-4-14(13)18-15(19)9-21-16/h3-6,8H,9H2,1-2H3,(H,18,19). The highest BCUT2D eigenvalue weighted by Gasteiger charge is 2.29. The molecule has 21 heavy (non-hydrogen) atoms. The molecule has 0 unspecified atom stereocenters. The topological polar surface area (TPSA) is 75.3 Å². The van der Waals surface area contributed by atoms with Crippen molar-refractivity contribution in [3.8, 4) is 17.2 Å². The van der Waals surface area contributed by atoms with Gasteiger partial charge >= 0.3 is 0 Å². The van der Waals surface area contributed by atoms with E-state index in [-0.39, 0.29) is 18.3 Å². The maximum atomic E-state index is 11.6. The molecule has 3 rings (SSSR count). The van der Waals surface area contributed by atoms with Crippen LogP contribution in [0.2, 0.25) is 0 Å². The summed E-state index contributed by atoms with van der Waals surface area (Å²) in [5, 5.41) is 11.7. The summed E-state index contributed by atoms with van der Waals surface area (Å²) >= 11 is 0. The maximum Gasteiger partial charge on any atom is 0.250 e. The molecule has 5 nitrogen and oxygen atoms in total. The predicted octanol–water partition coefficient (Wildman–Crippen LogP) is 3.02. The Kier molecular flexibility index (Phi) is 3.04. The number of benzene rings is 1. The van der Waals surface area contributed by atoms with Crippen LogP contribution in [0.4, 0.5) is 5.69 Å². The Morgan fingerprint density at radius 3 is 2.81 bits per heavy atom. The number of carbonyl (C=O) groups is 1. The normalized spacial score (nSPS) is 16.5. The van der Waals surface area contributed by atoms with Crippen LogP contribution in [0.15, 0.2) is 34.9 Å². The summed E-state index contributed by atoms with van der Waals surface area (Å²) in [6.45, 7) is 3.87. The fourth-order valence-corrected chi connectivity index (χ4v) is 2.39. The largest absolute Gasteiger partial charge is 0.453 e. The molecule has 106 valence electrons. The third kappa shape index (κ3) is 2.41. The number of nitriles is 1. The van der Waals surface area contributed by atoms with Crippen molar-refractivity contribution in [1.29, 1.82) is 5.26 Å². The van der Waals surface area contributed by atoms with Crippen molar-refractivity contribution in [3.05, 3.63) is 41.9 Å². The van der Waals surface area contributed by atoms with Crippen LogP contribution >= 0.6 is 0 Å². The van der Waals surface area contributed by atoms with Crippen LogP contribution < -0.4 is 5.32 Å². The van der Waals surface area contributed by atoms with Gasteiger partial charge in [0.25, 0.3) is 0 Å². The van der Waals surface area contributed by atoms with E-state index in [9.17, 15) is 4.79 Å². The molecule has 0 radical (unpaired) electrons. The third-order valence-corrected chi connectivity index (χ3v) is 3.55. The molecule has 0 saturated carbocycles. The van der Waals surface area contributed by atoms with E-state index in [1.165, 1.54) is 0 Å². The van der Waals surface area contributed by atoms with E-state index >= 15 is 0 Å². The number of rotatable bonds is 1. The van der Waals surface area contributed by atoms with Crippen molar-refractivity contribution in [3.63, 3.8) is 0 Å². The summed E-state index contributed by atoms with van der Waals surface area (Å²) in [5.74, 6) is 0.105. The van der Waals surface area contributed by atoms with Crippen LogP contribution in [0.25, 0.3) is 11.1 Å². The van der Waals surface area contributed by atoms with Crippen molar-refractivity contribution in [2.24, 2.45) is 0 Å². The second-order valence-corrected chi connectivity index (χ2v) is 5.42. The number of hydrogen-bond acceptors (Lipinski definition) is 4. The lowest BCUT2D eigenvalue weighted by Gasteiger charge is -2.25. The molecule has 0 fully saturated rings. The van der Waals surface area contributed by atoms with Crippen LogP contribution in [0.5, 0.6) is 0 Å². The molecule has 1 aliphatic heterocycles. The van der Waals surface area contributed by atoms with E-state index in [2.05, 4.69) is 5.32 Å². The summed E-state index contributed by atoms with van der Waals surface area (Å²) in [7, 11) is 0. The highest BCUT2D eigenvalue weighted by atomic mass is 16.5. The molecule has 1 amide bonds. The summed E-state index contributed by atoms with van der Waals surface area (Å²) < 4.78 is 10.8. The summed E-state index contributed by atoms with van der Waals surface area (Å²) in [4.78, 5) is 11.6. The SMILES string of the molecule is CC1(C)OCC(=O)Nc2ccc(-c3coc(C#N)c3)cc21. The number of fused-ring (bicyclic) bond motifs is 1. The van der Waals surface area contributed by atoms with Crippen LogP contribution in [0.1, 0.15) is 25.2 Å². The molecule has 2 heterocycles. The van der Waals surface area contributed by atoms with Crippen molar-refractivity contribution < 1.29 is 13.9 Å². The van der Waals surface area contributed by atoms with E-state index < -0.39 is 5.60 Å². The van der Waals surface area contributed by atoms with Gasteiger partial charge in [0.2, 0.25) is 11.7 Å². The van der Waals surface area contributed by atoms with Crippen LogP contribution in [0.3, 0.4) is 0 Å². The van der Waals surface area contributed by atoms with E-state index in [0.717, 1.165) is 22.4 Å². The first-order chi connectivity index (χ1) is 9.99. The van der Waals surface area contributed by atoms with Crippen LogP contribution in [-0.4, -0.2) is 12.5 Å². The van der Waals surface area contributed by atoms with Crippen molar-refractivity contribution in [1.82, 2.24) is 0 Å². The second kappa shape index (κ2) is 4.76. The summed E-state index contributed by atoms with van der Waals surface area (Å²) in [6.07, 6.45) is 1.55. The lowest BCUT2D eigenvalue weighted by atomic mass is 9.93. The van der Waals surface area contributed by atoms with Gasteiger partial charge in [0.1, 0.15) is 18.9 Å². The van der Waals surface area contributed by atoms with Crippen LogP contribution in [0, 0.1) is 11.3 Å². The smallest absolute Gasteiger partial charge is 0.250 e. The van der Waals surface area contributed by atoms with Gasteiger partial charge in [0, 0.05) is 22.9 Å². The van der Waals surface area contributed by atoms with E-state index in [1.54, 1.807) is 12.3 Å². The summed E-state index contributed by atoms with van der Waals surface area (Å²) in [6, 6.07) is 9.33. The molecule has 0 spiro atoms. The van der Waals surface area contributed by atoms with Gasteiger partial charge in [-0.1, -0.05) is 6.07 Å². The first-order valence-electron chi connectivity index (χ1n) is 6.57. The van der Waals surface area contributed by atoms with Gasteiger partial charge in [-0.25, -0.2) is 0 Å². The van der Waals surface area contributed by atoms with Gasteiger partial charge in [-0.15, -0.1) is 0 Å². The van der Waals surface area contributed by atoms with Crippen molar-refractivity contribution in [2.45, 2.75) is 19.4 Å². The second-order valence-electron chi connectivity index (χ2n) is 5.42. The minimum Gasteiger partial charge on any atom is -0.453 e. The minimum atomic E-state index is -0.577. The fraction of sp³-hybridized carbons (Fsp3) is 0.250. The minimum absolute atomic E-state index is 0.0291. The lowest BCUT2D eigenvalue weighted by Crippen LogP contribution is -2.22. The Morgan fingerprint density at radius 2 is 2.10 bits per heavy atom. The number of furan rings is 1. The van der Waals surface area contributed by atoms with Gasteiger partial charge in [0.05, 0.1) is 5.60 Å². The molecule has 0 bridgehead atoms. The van der Waals surface area contributed by atoms with Gasteiger partial charge in [-0.3, -0.25) is 4.79 Å². The first kappa shape index (κ1) is 13.4. The number of ether oxygens (including phenoxy) is 1. The molecule has 1 aliphatic rings. The number of hydrogen-bond donors (Lipinski definition) is 1. The van der Waals surface area contributed by atoms with Gasteiger partial charge in [-0.2, -0.15) is 5.26 Å². The number of nitrogens with zero attached hydrogens (tertiary/aromatic N) is 1. The Bertz CT molecular complexity index is 753. The molecule has 0 saturated heterocycles. The lowest BCUT2D eigenvalue weighted by molar-refractivity contribution is -0.125. The van der Waals surface area contributed by atoms with Crippen molar-refractivity contribution >= 4 is 11.6 Å². The Labute approximate surface area is 122 Å². The zero-order valence-corrected chi connectivity index (χ0v) is 11.8. The Balaban J connectivity index is 2.09. The zero-order valence-electron chi connectivity index (χ0n) is 11.8. The monoisotopic (exact) mass is 282 g/mol. The van der Waals surface area contributed by atoms with Crippen LogP contribution in [-0.2, 0) is 15.1 Å². The maximum absolute atomic E-state index is 11.6. The quantitative estimate of drug-likeness (QED) is 0.872. The molecular weight excluding hydrogens is 268 g/mol. The van der Waals surface area contributed by atoms with Gasteiger partial charge in [0.15, 0.2) is 0 Å². The Hall–Kier alpha value is -2.58. The first-order valence-corrected chi connectivity index (χ1v) is 6.57. The predicted molar refractivity (Wildman–Crippen MR) is 76.5 cm³/mol. The molecule has 0 aliphatic carbocycles. The van der Waals surface area contributed by atoms with E-state index in [1.807, 2.05) is 38.1 Å². The number of carbonyl (C=O) groups excluding carboxylic acids is 1. The highest BCUT2D eigenvalue weighted by Crippen LogP contribution is 2.36. The zero-order chi connectivity index (χ0) is 15.0. The molecule has 1 aromatic carbocycles. The van der Waals surface area contributed by atoms with Gasteiger partial charge in [-0.05, 0) is 31.5 Å². The molecule has 2 aromatic rings. The number of nitrogens with one attached hydrogen (secondary N) is 1. The average molecular weight is 282 g/mol. The number of anilines is 1. The average Bonchev–Trinajstić information content (AvgIpc) is 2.90. The molecular formula is C16H14N2O3. The fourth-order valence-electron chi connectivity index (χ4n) is 2.39. The number of amides is 1. The highest BCUT2D eigenvalue weighted by molar-refractivity contribution is 5.93. The van der Waals surface area contributed by atoms with E-state index in [0.29, 0.717) is 0 Å².